The molecule has 2 aromatic carbocycles. The SMILES string of the molecule is Fc1ccc(Br)c(NCc2cc(Cl)cc(Cl)c2)c1. The number of halogens is 4. The number of anilines is 1. The van der Waals surface area contributed by atoms with Crippen molar-refractivity contribution in [2.75, 3.05) is 5.32 Å². The molecule has 0 aliphatic rings. The Kier molecular flexibility index (Phi) is 4.49. The molecule has 18 heavy (non-hydrogen) atoms. The number of rotatable bonds is 3. The Morgan fingerprint density at radius 1 is 1.06 bits per heavy atom. The summed E-state index contributed by atoms with van der Waals surface area (Å²) in [6.07, 6.45) is 0. The highest BCUT2D eigenvalue weighted by atomic mass is 79.9. The van der Waals surface area contributed by atoms with Crippen molar-refractivity contribution in [3.63, 3.8) is 0 Å². The van der Waals surface area contributed by atoms with Gasteiger partial charge in [0.25, 0.3) is 0 Å². The molecule has 5 heteroatoms. The summed E-state index contributed by atoms with van der Waals surface area (Å²) in [4.78, 5) is 0. The van der Waals surface area contributed by atoms with Crippen LogP contribution in [-0.4, -0.2) is 0 Å². The molecule has 0 amide bonds. The van der Waals surface area contributed by atoms with E-state index in [-0.39, 0.29) is 5.82 Å². The molecule has 2 aromatic rings. The van der Waals surface area contributed by atoms with Crippen LogP contribution in [0, 0.1) is 5.82 Å². The van der Waals surface area contributed by atoms with E-state index in [2.05, 4.69) is 21.2 Å². The van der Waals surface area contributed by atoms with Crippen LogP contribution >= 0.6 is 39.1 Å². The molecule has 0 unspecified atom stereocenters. The Labute approximate surface area is 123 Å². The van der Waals surface area contributed by atoms with Crippen molar-refractivity contribution in [2.24, 2.45) is 0 Å². The summed E-state index contributed by atoms with van der Waals surface area (Å²) in [5.41, 5.74) is 1.62. The van der Waals surface area contributed by atoms with Crippen LogP contribution in [0.5, 0.6) is 0 Å². The lowest BCUT2D eigenvalue weighted by molar-refractivity contribution is 0.628. The van der Waals surface area contributed by atoms with Gasteiger partial charge in [0, 0.05) is 21.1 Å². The molecule has 0 aromatic heterocycles. The van der Waals surface area contributed by atoms with E-state index < -0.39 is 0 Å². The molecule has 0 saturated heterocycles. The first kappa shape index (κ1) is 13.7. The van der Waals surface area contributed by atoms with Crippen molar-refractivity contribution in [1.29, 1.82) is 0 Å². The zero-order chi connectivity index (χ0) is 13.1. The second-order valence-electron chi connectivity index (χ2n) is 3.76. The number of benzene rings is 2. The summed E-state index contributed by atoms with van der Waals surface area (Å²) in [6, 6.07) is 9.77. The Morgan fingerprint density at radius 3 is 2.39 bits per heavy atom. The van der Waals surface area contributed by atoms with Crippen molar-refractivity contribution in [3.05, 3.63) is 62.3 Å². The topological polar surface area (TPSA) is 12.0 Å². The van der Waals surface area contributed by atoms with Crippen LogP contribution in [-0.2, 0) is 6.54 Å². The normalized spacial score (nSPS) is 10.4. The van der Waals surface area contributed by atoms with E-state index in [1.807, 2.05) is 12.1 Å². The minimum absolute atomic E-state index is 0.287. The third-order valence-corrected chi connectivity index (χ3v) is 3.46. The van der Waals surface area contributed by atoms with E-state index in [4.69, 9.17) is 23.2 Å². The fourth-order valence-electron chi connectivity index (χ4n) is 1.54. The first-order valence-electron chi connectivity index (χ1n) is 5.18. The van der Waals surface area contributed by atoms with E-state index in [0.29, 0.717) is 22.3 Å². The van der Waals surface area contributed by atoms with Crippen LogP contribution in [0.1, 0.15) is 5.56 Å². The molecule has 2 rings (SSSR count). The number of nitrogens with one attached hydrogen (secondary N) is 1. The minimum atomic E-state index is -0.287. The Balaban J connectivity index is 2.13. The molecule has 0 heterocycles. The van der Waals surface area contributed by atoms with Gasteiger partial charge in [-0.25, -0.2) is 4.39 Å². The van der Waals surface area contributed by atoms with Crippen LogP contribution < -0.4 is 5.32 Å². The molecule has 0 spiro atoms. The summed E-state index contributed by atoms with van der Waals surface area (Å²) in [5, 5.41) is 4.28. The van der Waals surface area contributed by atoms with Gasteiger partial charge in [-0.3, -0.25) is 0 Å². The van der Waals surface area contributed by atoms with Crippen molar-refractivity contribution >= 4 is 44.8 Å². The highest BCUT2D eigenvalue weighted by molar-refractivity contribution is 9.10. The minimum Gasteiger partial charge on any atom is -0.380 e. The lowest BCUT2D eigenvalue weighted by Gasteiger charge is -2.09. The summed E-state index contributed by atoms with van der Waals surface area (Å²) < 4.78 is 13.9. The van der Waals surface area contributed by atoms with Crippen molar-refractivity contribution < 1.29 is 4.39 Å². The standard InChI is InChI=1S/C13H9BrCl2FN/c14-12-2-1-11(17)6-13(12)18-7-8-3-9(15)5-10(16)4-8/h1-6,18H,7H2. The van der Waals surface area contributed by atoms with Crippen LogP contribution in [0.4, 0.5) is 10.1 Å². The molecular formula is C13H9BrCl2FN. The van der Waals surface area contributed by atoms with Crippen LogP contribution in [0.3, 0.4) is 0 Å². The third-order valence-electron chi connectivity index (χ3n) is 2.33. The summed E-state index contributed by atoms with van der Waals surface area (Å²) in [6.45, 7) is 0.516. The third kappa shape index (κ3) is 3.61. The van der Waals surface area contributed by atoms with E-state index in [9.17, 15) is 4.39 Å². The lowest BCUT2D eigenvalue weighted by atomic mass is 10.2. The molecule has 1 N–H and O–H groups in total. The van der Waals surface area contributed by atoms with Crippen LogP contribution in [0.25, 0.3) is 0 Å². The fraction of sp³-hybridized carbons (Fsp3) is 0.0769. The lowest BCUT2D eigenvalue weighted by Crippen LogP contribution is -2.00. The van der Waals surface area contributed by atoms with Gasteiger partial charge in [0.15, 0.2) is 0 Å². The van der Waals surface area contributed by atoms with E-state index in [0.717, 1.165) is 10.0 Å². The first-order chi connectivity index (χ1) is 8.54. The molecule has 1 nitrogen and oxygen atoms in total. The summed E-state index contributed by atoms with van der Waals surface area (Å²) in [5.74, 6) is -0.287. The van der Waals surface area contributed by atoms with Gasteiger partial charge in [0.05, 0.1) is 5.69 Å². The second kappa shape index (κ2) is 5.91. The number of hydrogen-bond acceptors (Lipinski definition) is 1. The molecule has 0 radical (unpaired) electrons. The Morgan fingerprint density at radius 2 is 1.72 bits per heavy atom. The van der Waals surface area contributed by atoms with E-state index in [1.165, 1.54) is 12.1 Å². The smallest absolute Gasteiger partial charge is 0.125 e. The highest BCUT2D eigenvalue weighted by Crippen LogP contribution is 2.25. The van der Waals surface area contributed by atoms with E-state index in [1.54, 1.807) is 12.1 Å². The quantitative estimate of drug-likeness (QED) is 0.771. The van der Waals surface area contributed by atoms with Crippen molar-refractivity contribution in [1.82, 2.24) is 0 Å². The molecule has 94 valence electrons. The maximum Gasteiger partial charge on any atom is 0.125 e. The van der Waals surface area contributed by atoms with Gasteiger partial charge in [0.1, 0.15) is 5.82 Å². The highest BCUT2D eigenvalue weighted by Gasteiger charge is 2.03. The maximum atomic E-state index is 13.1. The fourth-order valence-corrected chi connectivity index (χ4v) is 2.50. The molecular weight excluding hydrogens is 340 g/mol. The van der Waals surface area contributed by atoms with Gasteiger partial charge in [-0.15, -0.1) is 0 Å². The molecule has 0 bridgehead atoms. The molecule has 0 saturated carbocycles. The summed E-state index contributed by atoms with van der Waals surface area (Å²) in [7, 11) is 0. The van der Waals surface area contributed by atoms with Gasteiger partial charge < -0.3 is 5.32 Å². The van der Waals surface area contributed by atoms with Crippen molar-refractivity contribution in [3.8, 4) is 0 Å². The first-order valence-corrected chi connectivity index (χ1v) is 6.73. The van der Waals surface area contributed by atoms with Gasteiger partial charge in [-0.05, 0) is 57.9 Å². The zero-order valence-electron chi connectivity index (χ0n) is 9.18. The van der Waals surface area contributed by atoms with E-state index >= 15 is 0 Å². The van der Waals surface area contributed by atoms with Gasteiger partial charge in [-0.2, -0.15) is 0 Å². The monoisotopic (exact) mass is 347 g/mol. The predicted octanol–water partition coefficient (Wildman–Crippen LogP) is 5.51. The van der Waals surface area contributed by atoms with Crippen molar-refractivity contribution in [2.45, 2.75) is 6.54 Å². The average molecular weight is 349 g/mol. The molecule has 0 fully saturated rings. The van der Waals surface area contributed by atoms with Crippen LogP contribution in [0.15, 0.2) is 40.9 Å². The predicted molar refractivity (Wildman–Crippen MR) is 77.9 cm³/mol. The molecule has 0 aliphatic carbocycles. The Bertz CT molecular complexity index is 555. The zero-order valence-corrected chi connectivity index (χ0v) is 12.3. The molecule has 0 atom stereocenters. The molecule has 0 aliphatic heterocycles. The van der Waals surface area contributed by atoms with Gasteiger partial charge in [-0.1, -0.05) is 23.2 Å². The Hall–Kier alpha value is -0.770. The average Bonchev–Trinajstić information content (AvgIpc) is 2.29. The van der Waals surface area contributed by atoms with Gasteiger partial charge in [0.2, 0.25) is 0 Å². The summed E-state index contributed by atoms with van der Waals surface area (Å²) >= 11 is 15.2. The second-order valence-corrected chi connectivity index (χ2v) is 5.48. The maximum absolute atomic E-state index is 13.1. The largest absolute Gasteiger partial charge is 0.380 e. The van der Waals surface area contributed by atoms with Crippen LogP contribution in [0.2, 0.25) is 10.0 Å². The van der Waals surface area contributed by atoms with Gasteiger partial charge >= 0.3 is 0 Å². The number of hydrogen-bond donors (Lipinski definition) is 1.